The van der Waals surface area contributed by atoms with E-state index >= 15 is 0 Å². The van der Waals surface area contributed by atoms with Gasteiger partial charge >= 0.3 is 5.97 Å². The van der Waals surface area contributed by atoms with Gasteiger partial charge in [-0.15, -0.1) is 5.10 Å². The maximum atomic E-state index is 14.9. The number of anilines is 2. The number of ether oxygens (including phenoxy) is 2. The minimum Gasteiger partial charge on any atom is -0.441 e. The number of non-ortho nitro benzene ring substituents is 1. The number of rotatable bonds is 12. The number of aromatic nitrogens is 3. The van der Waals surface area contributed by atoms with Crippen LogP contribution in [0.4, 0.5) is 17.1 Å². The van der Waals surface area contributed by atoms with Crippen LogP contribution < -0.4 is 9.80 Å². The SMILES string of the molecule is CC(=O)OC1CC(=O)N1c1cccc(CN2C(=O)[C@]3(O[C@H](CCn4cc(C(CO)c5ccccc5)nn4)[C@@H]([Si](C)(C)O)[C@@H]3C)c3cc([N+](=O)[O-])ccc32)c1. The van der Waals surface area contributed by atoms with Crippen molar-refractivity contribution < 1.29 is 38.7 Å². The van der Waals surface area contributed by atoms with Crippen molar-refractivity contribution in [1.82, 2.24) is 15.0 Å². The van der Waals surface area contributed by atoms with Crippen LogP contribution in [0.25, 0.3) is 0 Å². The summed E-state index contributed by atoms with van der Waals surface area (Å²) in [6.07, 6.45) is 0.867. The second-order valence-electron chi connectivity index (χ2n) is 14.8. The highest BCUT2D eigenvalue weighted by molar-refractivity contribution is 6.71. The lowest BCUT2D eigenvalue weighted by Gasteiger charge is -2.39. The first-order chi connectivity index (χ1) is 25.7. The van der Waals surface area contributed by atoms with Gasteiger partial charge in [0.2, 0.25) is 5.91 Å². The molecule has 2 saturated heterocycles. The number of hydrogen-bond donors (Lipinski definition) is 2. The van der Waals surface area contributed by atoms with Gasteiger partial charge in [0.05, 0.1) is 47.9 Å². The second-order valence-corrected chi connectivity index (χ2v) is 18.7. The van der Waals surface area contributed by atoms with E-state index in [1.165, 1.54) is 24.0 Å². The molecule has 282 valence electrons. The Labute approximate surface area is 312 Å². The number of esters is 1. The van der Waals surface area contributed by atoms with Crippen molar-refractivity contribution in [3.05, 3.63) is 111 Å². The quantitative estimate of drug-likeness (QED) is 0.0687. The number of nitrogens with zero attached hydrogens (tertiary/aromatic N) is 6. The topological polar surface area (TPSA) is 190 Å². The summed E-state index contributed by atoms with van der Waals surface area (Å²) >= 11 is 0. The van der Waals surface area contributed by atoms with Gasteiger partial charge in [0, 0.05) is 54.5 Å². The maximum absolute atomic E-state index is 14.9. The number of carbonyl (C=O) groups is 3. The van der Waals surface area contributed by atoms with E-state index in [0.29, 0.717) is 41.2 Å². The number of aryl methyl sites for hydroxylation is 1. The van der Waals surface area contributed by atoms with E-state index in [0.717, 1.165) is 5.56 Å². The molecular formula is C38H42N6O9Si. The minimum atomic E-state index is -3.05. The summed E-state index contributed by atoms with van der Waals surface area (Å²) in [5.41, 5.74) is 1.22. The average Bonchev–Trinajstić information content (AvgIpc) is 3.78. The molecule has 3 aliphatic rings. The summed E-state index contributed by atoms with van der Waals surface area (Å²) in [6, 6.07) is 20.8. The van der Waals surface area contributed by atoms with Crippen molar-refractivity contribution >= 4 is 43.2 Å². The molecule has 0 saturated carbocycles. The molecule has 4 aromatic rings. The number of aliphatic hydroxyl groups excluding tert-OH is 1. The number of benzene rings is 3. The van der Waals surface area contributed by atoms with Gasteiger partial charge in [-0.05, 0) is 48.8 Å². The van der Waals surface area contributed by atoms with Gasteiger partial charge in [-0.1, -0.05) is 54.6 Å². The number of fused-ring (bicyclic) bond motifs is 2. The Kier molecular flexibility index (Phi) is 9.72. The number of aliphatic hydroxyl groups is 1. The molecule has 0 aliphatic carbocycles. The molecule has 0 radical (unpaired) electrons. The summed E-state index contributed by atoms with van der Waals surface area (Å²) in [4.78, 5) is 65.3. The van der Waals surface area contributed by atoms with Crippen LogP contribution in [0.15, 0.2) is 79.0 Å². The van der Waals surface area contributed by atoms with Crippen LogP contribution in [0, 0.1) is 16.0 Å². The van der Waals surface area contributed by atoms with Crippen molar-refractivity contribution in [3.8, 4) is 0 Å². The third-order valence-corrected chi connectivity index (χ3v) is 13.4. The van der Waals surface area contributed by atoms with E-state index in [2.05, 4.69) is 10.3 Å². The summed E-state index contributed by atoms with van der Waals surface area (Å²) in [5, 5.41) is 30.8. The Morgan fingerprint density at radius 2 is 1.89 bits per heavy atom. The van der Waals surface area contributed by atoms with Crippen molar-refractivity contribution in [2.75, 3.05) is 16.4 Å². The Balaban J connectivity index is 1.19. The van der Waals surface area contributed by atoms with Crippen LogP contribution in [0.1, 0.15) is 55.0 Å². The fraction of sp³-hybridized carbons (Fsp3) is 0.395. The molecule has 15 nitrogen and oxygen atoms in total. The molecular weight excluding hydrogens is 713 g/mol. The van der Waals surface area contributed by atoms with Crippen molar-refractivity contribution in [2.45, 2.75) is 82.3 Å². The van der Waals surface area contributed by atoms with Gasteiger partial charge in [0.1, 0.15) is 0 Å². The molecule has 54 heavy (non-hydrogen) atoms. The van der Waals surface area contributed by atoms with Gasteiger partial charge in [-0.3, -0.25) is 34.1 Å². The lowest BCUT2D eigenvalue weighted by Crippen LogP contribution is -2.54. The van der Waals surface area contributed by atoms with E-state index < -0.39 is 54.5 Å². The van der Waals surface area contributed by atoms with Gasteiger partial charge in [-0.25, -0.2) is 0 Å². The monoisotopic (exact) mass is 754 g/mol. The Morgan fingerprint density at radius 3 is 2.56 bits per heavy atom. The second kappa shape index (κ2) is 14.2. The van der Waals surface area contributed by atoms with Crippen LogP contribution in [0.3, 0.4) is 0 Å². The highest BCUT2D eigenvalue weighted by Crippen LogP contribution is 2.60. The Morgan fingerprint density at radius 1 is 1.13 bits per heavy atom. The van der Waals surface area contributed by atoms with E-state index in [9.17, 15) is 34.4 Å². The van der Waals surface area contributed by atoms with E-state index in [1.54, 1.807) is 59.2 Å². The van der Waals surface area contributed by atoms with Crippen molar-refractivity contribution in [1.29, 1.82) is 0 Å². The van der Waals surface area contributed by atoms with Gasteiger partial charge in [0.25, 0.3) is 11.6 Å². The number of amides is 2. The third kappa shape index (κ3) is 6.48. The van der Waals surface area contributed by atoms with Crippen LogP contribution in [0.2, 0.25) is 18.6 Å². The van der Waals surface area contributed by atoms with E-state index in [1.807, 2.05) is 37.3 Å². The van der Waals surface area contributed by atoms with Gasteiger partial charge in [-0.2, -0.15) is 0 Å². The van der Waals surface area contributed by atoms with E-state index in [-0.39, 0.29) is 37.1 Å². The standard InChI is InChI=1S/C38H42N6O9Si/c1-23-36(54(3,4)51)33(15-16-41-21-31(39-40-41)29(22-45)26-10-6-5-7-11-26)53-38(23)30-18-28(44(49)50)13-14-32(30)42(37(38)48)20-25-9-8-12-27(17-25)43-34(47)19-35(43)52-24(2)46/h5-14,17-18,21,23,29,33,35-36,45,51H,15-16,19-20,22H2,1-4H3/t23-,29?,33+,35?,36-,38+/m0/s1. The number of carbonyl (C=O) groups excluding carboxylic acids is 3. The number of β-lactam (4-membered cyclic amide) rings is 1. The Bertz CT molecular complexity index is 2110. The zero-order chi connectivity index (χ0) is 38.5. The first-order valence-electron chi connectivity index (χ1n) is 17.9. The molecule has 1 aromatic heterocycles. The van der Waals surface area contributed by atoms with Crippen LogP contribution >= 0.6 is 0 Å². The van der Waals surface area contributed by atoms with Crippen molar-refractivity contribution in [2.24, 2.45) is 5.92 Å². The molecule has 4 heterocycles. The summed E-state index contributed by atoms with van der Waals surface area (Å²) in [7, 11) is -3.05. The third-order valence-electron chi connectivity index (χ3n) is 10.9. The summed E-state index contributed by atoms with van der Waals surface area (Å²) in [6.45, 7) is 7.00. The minimum absolute atomic E-state index is 0.0556. The number of hydrogen-bond acceptors (Lipinski definition) is 11. The predicted molar refractivity (Wildman–Crippen MR) is 198 cm³/mol. The first kappa shape index (κ1) is 37.0. The van der Waals surface area contributed by atoms with Crippen molar-refractivity contribution in [3.63, 3.8) is 0 Å². The molecule has 16 heteroatoms. The number of nitro groups is 1. The number of nitro benzene ring substituents is 1. The molecule has 1 spiro atoms. The smallest absolute Gasteiger partial charge is 0.304 e. The summed E-state index contributed by atoms with van der Waals surface area (Å²) in [5.74, 6) is -2.05. The molecule has 6 atom stereocenters. The normalized spacial score (nSPS) is 24.1. The van der Waals surface area contributed by atoms with Crippen LogP contribution in [-0.2, 0) is 42.5 Å². The highest BCUT2D eigenvalue weighted by Gasteiger charge is 2.66. The largest absolute Gasteiger partial charge is 0.441 e. The fourth-order valence-corrected chi connectivity index (χ4v) is 11.1. The van der Waals surface area contributed by atoms with Gasteiger partial charge < -0.3 is 24.3 Å². The molecule has 3 aromatic carbocycles. The lowest BCUT2D eigenvalue weighted by molar-refractivity contribution is -0.385. The Hall–Kier alpha value is -5.29. The zero-order valence-electron chi connectivity index (χ0n) is 30.4. The van der Waals surface area contributed by atoms with E-state index in [4.69, 9.17) is 9.47 Å². The molecule has 7 rings (SSSR count). The maximum Gasteiger partial charge on any atom is 0.304 e. The van der Waals surface area contributed by atoms with Gasteiger partial charge in [0.15, 0.2) is 20.1 Å². The molecule has 2 unspecified atom stereocenters. The molecule has 2 N–H and O–H groups in total. The first-order valence-corrected chi connectivity index (χ1v) is 20.9. The summed E-state index contributed by atoms with van der Waals surface area (Å²) < 4.78 is 13.8. The molecule has 2 fully saturated rings. The highest BCUT2D eigenvalue weighted by atomic mass is 28.4. The molecule has 2 amide bonds. The van der Waals surface area contributed by atoms with Crippen LogP contribution in [0.5, 0.6) is 0 Å². The lowest BCUT2D eigenvalue weighted by atomic mass is 9.82. The molecule has 3 aliphatic heterocycles. The molecule has 0 bridgehead atoms. The zero-order valence-corrected chi connectivity index (χ0v) is 31.4. The predicted octanol–water partition coefficient (Wildman–Crippen LogP) is 4.37. The van der Waals surface area contributed by atoms with Crippen LogP contribution in [-0.4, -0.2) is 74.9 Å². The fourth-order valence-electron chi connectivity index (χ4n) is 8.47. The average molecular weight is 755 g/mol.